The number of carbonyl (C=O) groups is 2. The van der Waals surface area contributed by atoms with E-state index >= 15 is 0 Å². The van der Waals surface area contributed by atoms with Crippen molar-refractivity contribution in [3.05, 3.63) is 53.6 Å². The van der Waals surface area contributed by atoms with Crippen molar-refractivity contribution < 1.29 is 19.1 Å². The number of imide groups is 1. The summed E-state index contributed by atoms with van der Waals surface area (Å²) in [4.78, 5) is 29.7. The monoisotopic (exact) mass is 382 g/mol. The van der Waals surface area contributed by atoms with Gasteiger partial charge in [0.25, 0.3) is 5.91 Å². The number of likely N-dealkylation sites (tertiary alicyclic amines) is 1. The van der Waals surface area contributed by atoms with Crippen molar-refractivity contribution in [1.82, 2.24) is 4.90 Å². The first-order valence-electron chi connectivity index (χ1n) is 9.47. The largest absolute Gasteiger partial charge is 0.497 e. The average molecular weight is 382 g/mol. The number of ether oxygens (including phenoxy) is 2. The first-order valence-corrected chi connectivity index (χ1v) is 9.47. The van der Waals surface area contributed by atoms with Gasteiger partial charge in [-0.15, -0.1) is 0 Å². The zero-order chi connectivity index (χ0) is 20.1. The second-order valence-corrected chi connectivity index (χ2v) is 6.87. The molecule has 1 aliphatic heterocycles. The number of hydrogen-bond acceptors (Lipinski definition) is 4. The minimum absolute atomic E-state index is 0.300. The standard InChI is InChI=1S/C22H26N2O4/c1-16-7-9-17(10-8-16)24(22(26)23-13-5-4-6-14-23)21(25)19-12-11-18(27-2)15-20(19)28-3/h7-12,15H,4-6,13-14H2,1-3H3. The zero-order valence-corrected chi connectivity index (χ0v) is 16.6. The molecular formula is C22H26N2O4. The van der Waals surface area contributed by atoms with Crippen LogP contribution in [-0.4, -0.2) is 44.1 Å². The Balaban J connectivity index is 2.01. The van der Waals surface area contributed by atoms with E-state index in [2.05, 4.69) is 0 Å². The first kappa shape index (κ1) is 19.7. The molecule has 2 aromatic carbocycles. The predicted octanol–water partition coefficient (Wildman–Crippen LogP) is 4.26. The summed E-state index contributed by atoms with van der Waals surface area (Å²) in [5.74, 6) is 0.532. The Hall–Kier alpha value is -3.02. The van der Waals surface area contributed by atoms with Gasteiger partial charge in [0.2, 0.25) is 0 Å². The average Bonchev–Trinajstić information content (AvgIpc) is 2.75. The number of aryl methyl sites for hydroxylation is 1. The zero-order valence-electron chi connectivity index (χ0n) is 16.6. The second kappa shape index (κ2) is 8.78. The van der Waals surface area contributed by atoms with Crippen LogP contribution in [0.2, 0.25) is 0 Å². The number of piperidine rings is 1. The Morgan fingerprint density at radius 3 is 2.21 bits per heavy atom. The Morgan fingerprint density at radius 2 is 1.61 bits per heavy atom. The highest BCUT2D eigenvalue weighted by molar-refractivity contribution is 6.21. The molecule has 0 aliphatic carbocycles. The number of urea groups is 1. The number of nitrogens with zero attached hydrogens (tertiary/aromatic N) is 2. The molecule has 3 rings (SSSR count). The van der Waals surface area contributed by atoms with Crippen LogP contribution in [0, 0.1) is 6.92 Å². The van der Waals surface area contributed by atoms with E-state index < -0.39 is 5.91 Å². The van der Waals surface area contributed by atoms with E-state index in [0.29, 0.717) is 35.8 Å². The minimum Gasteiger partial charge on any atom is -0.497 e. The molecule has 1 saturated heterocycles. The highest BCUT2D eigenvalue weighted by Gasteiger charge is 2.31. The molecule has 0 N–H and O–H groups in total. The normalized spacial score (nSPS) is 13.8. The van der Waals surface area contributed by atoms with Gasteiger partial charge in [-0.3, -0.25) is 4.79 Å². The smallest absolute Gasteiger partial charge is 0.331 e. The maximum Gasteiger partial charge on any atom is 0.331 e. The topological polar surface area (TPSA) is 59.1 Å². The summed E-state index contributed by atoms with van der Waals surface area (Å²) in [7, 11) is 3.04. The highest BCUT2D eigenvalue weighted by Crippen LogP contribution is 2.29. The molecule has 1 aliphatic rings. The fraction of sp³-hybridized carbons (Fsp3) is 0.364. The summed E-state index contributed by atoms with van der Waals surface area (Å²) < 4.78 is 10.6. The molecule has 0 saturated carbocycles. The van der Waals surface area contributed by atoms with Gasteiger partial charge >= 0.3 is 6.03 Å². The number of anilines is 1. The number of hydrogen-bond donors (Lipinski definition) is 0. The van der Waals surface area contributed by atoms with Gasteiger partial charge in [-0.2, -0.15) is 0 Å². The summed E-state index contributed by atoms with van der Waals surface area (Å²) in [6, 6.07) is 12.0. The van der Waals surface area contributed by atoms with Crippen molar-refractivity contribution in [1.29, 1.82) is 0 Å². The van der Waals surface area contributed by atoms with Crippen LogP contribution in [0.4, 0.5) is 10.5 Å². The van der Waals surface area contributed by atoms with Crippen molar-refractivity contribution in [3.63, 3.8) is 0 Å². The summed E-state index contributed by atoms with van der Waals surface area (Å²) in [5, 5.41) is 0. The molecule has 0 bridgehead atoms. The molecule has 3 amide bonds. The summed E-state index contributed by atoms with van der Waals surface area (Å²) in [6.07, 6.45) is 3.01. The molecule has 28 heavy (non-hydrogen) atoms. The van der Waals surface area contributed by atoms with Crippen LogP contribution in [0.1, 0.15) is 35.2 Å². The van der Waals surface area contributed by atoms with Crippen molar-refractivity contribution >= 4 is 17.6 Å². The number of carbonyl (C=O) groups excluding carboxylic acids is 2. The highest BCUT2D eigenvalue weighted by atomic mass is 16.5. The number of amides is 3. The van der Waals surface area contributed by atoms with Crippen LogP contribution in [0.25, 0.3) is 0 Å². The minimum atomic E-state index is -0.418. The maximum absolute atomic E-state index is 13.5. The molecule has 1 fully saturated rings. The van der Waals surface area contributed by atoms with Crippen LogP contribution in [-0.2, 0) is 0 Å². The van der Waals surface area contributed by atoms with E-state index in [9.17, 15) is 9.59 Å². The Morgan fingerprint density at radius 1 is 0.929 bits per heavy atom. The molecule has 0 radical (unpaired) electrons. The molecule has 1 heterocycles. The quantitative estimate of drug-likeness (QED) is 0.793. The van der Waals surface area contributed by atoms with E-state index in [0.717, 1.165) is 24.8 Å². The number of methoxy groups -OCH3 is 2. The van der Waals surface area contributed by atoms with E-state index in [1.165, 1.54) is 12.0 Å². The third-order valence-electron chi connectivity index (χ3n) is 4.95. The molecule has 0 aromatic heterocycles. The van der Waals surface area contributed by atoms with Crippen LogP contribution >= 0.6 is 0 Å². The van der Waals surface area contributed by atoms with Gasteiger partial charge in [0.15, 0.2) is 0 Å². The predicted molar refractivity (Wildman–Crippen MR) is 108 cm³/mol. The lowest BCUT2D eigenvalue weighted by molar-refractivity contribution is 0.0980. The van der Waals surface area contributed by atoms with E-state index in [-0.39, 0.29) is 6.03 Å². The van der Waals surface area contributed by atoms with Gasteiger partial charge < -0.3 is 14.4 Å². The SMILES string of the molecule is COc1ccc(C(=O)N(C(=O)N2CCCCC2)c2ccc(C)cc2)c(OC)c1. The van der Waals surface area contributed by atoms with Crippen LogP contribution in [0.3, 0.4) is 0 Å². The molecule has 2 aromatic rings. The Kier molecular flexibility index (Phi) is 6.19. The van der Waals surface area contributed by atoms with E-state index in [4.69, 9.17) is 9.47 Å². The fourth-order valence-corrected chi connectivity index (χ4v) is 3.33. The molecule has 6 nitrogen and oxygen atoms in total. The van der Waals surface area contributed by atoms with Gasteiger partial charge in [-0.1, -0.05) is 17.7 Å². The van der Waals surface area contributed by atoms with E-state index in [1.54, 1.807) is 42.3 Å². The van der Waals surface area contributed by atoms with Gasteiger partial charge in [0.1, 0.15) is 11.5 Å². The number of benzene rings is 2. The van der Waals surface area contributed by atoms with Crippen LogP contribution in [0.15, 0.2) is 42.5 Å². The Bertz CT molecular complexity index is 842. The van der Waals surface area contributed by atoms with Crippen molar-refractivity contribution in [2.24, 2.45) is 0 Å². The van der Waals surface area contributed by atoms with Gasteiger partial charge in [-0.05, 0) is 50.5 Å². The molecule has 0 unspecified atom stereocenters. The molecule has 148 valence electrons. The third kappa shape index (κ3) is 4.11. The van der Waals surface area contributed by atoms with E-state index in [1.807, 2.05) is 19.1 Å². The van der Waals surface area contributed by atoms with Crippen LogP contribution < -0.4 is 14.4 Å². The molecule has 0 spiro atoms. The summed E-state index contributed by atoms with van der Waals surface area (Å²) in [6.45, 7) is 3.29. The summed E-state index contributed by atoms with van der Waals surface area (Å²) in [5.41, 5.74) is 1.92. The summed E-state index contributed by atoms with van der Waals surface area (Å²) >= 11 is 0. The van der Waals surface area contributed by atoms with Gasteiger partial charge in [-0.25, -0.2) is 9.69 Å². The molecular weight excluding hydrogens is 356 g/mol. The lowest BCUT2D eigenvalue weighted by Crippen LogP contribution is -2.48. The Labute approximate surface area is 165 Å². The van der Waals surface area contributed by atoms with Crippen LogP contribution in [0.5, 0.6) is 11.5 Å². The molecule has 6 heteroatoms. The van der Waals surface area contributed by atoms with Crippen molar-refractivity contribution in [3.8, 4) is 11.5 Å². The number of rotatable bonds is 4. The van der Waals surface area contributed by atoms with Crippen molar-refractivity contribution in [2.75, 3.05) is 32.2 Å². The molecule has 0 atom stereocenters. The lowest BCUT2D eigenvalue weighted by atomic mass is 10.1. The lowest BCUT2D eigenvalue weighted by Gasteiger charge is -2.32. The van der Waals surface area contributed by atoms with Gasteiger partial charge in [0, 0.05) is 19.2 Å². The first-order chi connectivity index (χ1) is 13.5. The van der Waals surface area contributed by atoms with Crippen molar-refractivity contribution in [2.45, 2.75) is 26.2 Å². The van der Waals surface area contributed by atoms with Gasteiger partial charge in [0.05, 0.1) is 25.5 Å². The fourth-order valence-electron chi connectivity index (χ4n) is 3.33. The third-order valence-corrected chi connectivity index (χ3v) is 4.95. The maximum atomic E-state index is 13.5. The second-order valence-electron chi connectivity index (χ2n) is 6.87.